The number of nitrogens with zero attached hydrogens (tertiary/aromatic N) is 2. The maximum atomic E-state index is 13.2. The van der Waals surface area contributed by atoms with Crippen LogP contribution in [0, 0.1) is 12.7 Å². The summed E-state index contributed by atoms with van der Waals surface area (Å²) in [6.45, 7) is 2.50. The Bertz CT molecular complexity index is 760. The minimum atomic E-state index is -0.253. The second-order valence-corrected chi connectivity index (χ2v) is 5.11. The minimum Gasteiger partial charge on any atom is -0.384 e. The standard InChI is InChI=1S/C17H16FN3/c1-12-5-7-14(8-6-12)16-10-17(19)21(20-16)11-13-3-2-4-15(18)9-13/h2-10H,11,19H2,1H3. The van der Waals surface area contributed by atoms with E-state index < -0.39 is 0 Å². The molecular weight excluding hydrogens is 265 g/mol. The molecule has 0 aliphatic carbocycles. The fraction of sp³-hybridized carbons (Fsp3) is 0.118. The Kier molecular flexibility index (Phi) is 3.44. The molecular formula is C17H16FN3. The van der Waals surface area contributed by atoms with Crippen LogP contribution in [-0.2, 0) is 6.54 Å². The lowest BCUT2D eigenvalue weighted by molar-refractivity contribution is 0.620. The molecule has 4 heteroatoms. The molecule has 21 heavy (non-hydrogen) atoms. The Balaban J connectivity index is 1.89. The number of nitrogen functional groups attached to an aromatic ring is 1. The lowest BCUT2D eigenvalue weighted by Gasteiger charge is -2.04. The van der Waals surface area contributed by atoms with Crippen molar-refractivity contribution < 1.29 is 4.39 Å². The van der Waals surface area contributed by atoms with Crippen LogP contribution in [0.5, 0.6) is 0 Å². The highest BCUT2D eigenvalue weighted by Gasteiger charge is 2.08. The second kappa shape index (κ2) is 5.40. The molecule has 3 aromatic rings. The van der Waals surface area contributed by atoms with E-state index in [4.69, 9.17) is 5.73 Å². The zero-order chi connectivity index (χ0) is 14.8. The first-order chi connectivity index (χ1) is 10.1. The number of aromatic nitrogens is 2. The van der Waals surface area contributed by atoms with Crippen molar-refractivity contribution in [3.05, 3.63) is 71.5 Å². The first-order valence-electron chi connectivity index (χ1n) is 6.76. The molecule has 0 saturated heterocycles. The van der Waals surface area contributed by atoms with Crippen LogP contribution in [0.1, 0.15) is 11.1 Å². The summed E-state index contributed by atoms with van der Waals surface area (Å²) in [5.74, 6) is 0.312. The van der Waals surface area contributed by atoms with Crippen molar-refractivity contribution in [3.8, 4) is 11.3 Å². The molecule has 0 unspecified atom stereocenters. The van der Waals surface area contributed by atoms with Gasteiger partial charge in [-0.05, 0) is 24.6 Å². The molecule has 2 N–H and O–H groups in total. The predicted molar refractivity (Wildman–Crippen MR) is 82.3 cm³/mol. The third-order valence-corrected chi connectivity index (χ3v) is 3.38. The van der Waals surface area contributed by atoms with Crippen LogP contribution in [0.3, 0.4) is 0 Å². The van der Waals surface area contributed by atoms with Crippen LogP contribution in [0.25, 0.3) is 11.3 Å². The minimum absolute atomic E-state index is 0.253. The summed E-state index contributed by atoms with van der Waals surface area (Å²) in [4.78, 5) is 0. The predicted octanol–water partition coefficient (Wildman–Crippen LogP) is 3.63. The highest BCUT2D eigenvalue weighted by atomic mass is 19.1. The Morgan fingerprint density at radius 2 is 1.86 bits per heavy atom. The van der Waals surface area contributed by atoms with Crippen molar-refractivity contribution in [2.75, 3.05) is 5.73 Å². The van der Waals surface area contributed by atoms with Crippen LogP contribution >= 0.6 is 0 Å². The van der Waals surface area contributed by atoms with E-state index in [1.807, 2.05) is 43.3 Å². The summed E-state index contributed by atoms with van der Waals surface area (Å²) in [6, 6.07) is 16.4. The Morgan fingerprint density at radius 1 is 1.10 bits per heavy atom. The number of halogens is 1. The van der Waals surface area contributed by atoms with Crippen molar-refractivity contribution >= 4 is 5.82 Å². The van der Waals surface area contributed by atoms with E-state index in [-0.39, 0.29) is 5.82 Å². The third-order valence-electron chi connectivity index (χ3n) is 3.38. The maximum Gasteiger partial charge on any atom is 0.123 e. The molecule has 1 aromatic heterocycles. The van der Waals surface area contributed by atoms with Gasteiger partial charge >= 0.3 is 0 Å². The molecule has 0 bridgehead atoms. The van der Waals surface area contributed by atoms with Gasteiger partial charge in [-0.15, -0.1) is 0 Å². The van der Waals surface area contributed by atoms with E-state index in [0.717, 1.165) is 16.8 Å². The quantitative estimate of drug-likeness (QED) is 0.796. The molecule has 2 aromatic carbocycles. The van der Waals surface area contributed by atoms with E-state index in [9.17, 15) is 4.39 Å². The molecule has 106 valence electrons. The van der Waals surface area contributed by atoms with Crippen LogP contribution in [0.2, 0.25) is 0 Å². The van der Waals surface area contributed by atoms with Gasteiger partial charge in [-0.25, -0.2) is 9.07 Å². The Hall–Kier alpha value is -2.62. The monoisotopic (exact) mass is 281 g/mol. The third kappa shape index (κ3) is 2.94. The van der Waals surface area contributed by atoms with Crippen LogP contribution in [-0.4, -0.2) is 9.78 Å². The SMILES string of the molecule is Cc1ccc(-c2cc(N)n(Cc3cccc(F)c3)n2)cc1. The molecule has 0 amide bonds. The number of benzene rings is 2. The molecule has 3 nitrogen and oxygen atoms in total. The van der Waals surface area contributed by atoms with Crippen LogP contribution in [0.15, 0.2) is 54.6 Å². The molecule has 0 saturated carbocycles. The van der Waals surface area contributed by atoms with Gasteiger partial charge in [0.15, 0.2) is 0 Å². The summed E-state index contributed by atoms with van der Waals surface area (Å²) in [7, 11) is 0. The molecule has 0 fully saturated rings. The van der Waals surface area contributed by atoms with Gasteiger partial charge in [0.2, 0.25) is 0 Å². The highest BCUT2D eigenvalue weighted by molar-refractivity contribution is 5.62. The number of anilines is 1. The van der Waals surface area contributed by atoms with Gasteiger partial charge in [0.1, 0.15) is 11.6 Å². The number of aryl methyl sites for hydroxylation is 1. The zero-order valence-electron chi connectivity index (χ0n) is 11.8. The van der Waals surface area contributed by atoms with Crippen molar-refractivity contribution in [3.63, 3.8) is 0 Å². The molecule has 0 radical (unpaired) electrons. The average molecular weight is 281 g/mol. The number of hydrogen-bond acceptors (Lipinski definition) is 2. The first-order valence-corrected chi connectivity index (χ1v) is 6.76. The molecule has 1 heterocycles. The van der Waals surface area contributed by atoms with Crippen LogP contribution < -0.4 is 5.73 Å². The van der Waals surface area contributed by atoms with Gasteiger partial charge < -0.3 is 5.73 Å². The van der Waals surface area contributed by atoms with E-state index in [2.05, 4.69) is 5.10 Å². The lowest BCUT2D eigenvalue weighted by atomic mass is 10.1. The van der Waals surface area contributed by atoms with Crippen LogP contribution in [0.4, 0.5) is 10.2 Å². The number of rotatable bonds is 3. The summed E-state index contributed by atoms with van der Waals surface area (Å²) < 4.78 is 14.9. The fourth-order valence-corrected chi connectivity index (χ4v) is 2.23. The molecule has 0 aliphatic rings. The smallest absolute Gasteiger partial charge is 0.123 e. The Labute approximate surface area is 122 Å². The molecule has 0 atom stereocenters. The number of nitrogens with two attached hydrogens (primary N) is 1. The normalized spacial score (nSPS) is 10.8. The summed E-state index contributed by atoms with van der Waals surface area (Å²) in [6.07, 6.45) is 0. The first kappa shape index (κ1) is 13.4. The average Bonchev–Trinajstić information content (AvgIpc) is 2.81. The van der Waals surface area contributed by atoms with Gasteiger partial charge in [-0.1, -0.05) is 42.0 Å². The Morgan fingerprint density at radius 3 is 2.57 bits per heavy atom. The second-order valence-electron chi connectivity index (χ2n) is 5.11. The molecule has 0 spiro atoms. The summed E-state index contributed by atoms with van der Waals surface area (Å²) in [5, 5.41) is 4.50. The van der Waals surface area contributed by atoms with Crippen molar-refractivity contribution in [1.29, 1.82) is 0 Å². The van der Waals surface area contributed by atoms with Gasteiger partial charge in [-0.3, -0.25) is 0 Å². The van der Waals surface area contributed by atoms with Gasteiger partial charge in [0, 0.05) is 11.6 Å². The number of hydrogen-bond donors (Lipinski definition) is 1. The van der Waals surface area contributed by atoms with Gasteiger partial charge in [0.25, 0.3) is 0 Å². The van der Waals surface area contributed by atoms with Gasteiger partial charge in [0.05, 0.1) is 12.2 Å². The van der Waals surface area contributed by atoms with E-state index in [1.54, 1.807) is 10.7 Å². The van der Waals surface area contributed by atoms with E-state index in [1.165, 1.54) is 17.7 Å². The van der Waals surface area contributed by atoms with E-state index >= 15 is 0 Å². The van der Waals surface area contributed by atoms with E-state index in [0.29, 0.717) is 12.4 Å². The van der Waals surface area contributed by atoms with Crippen molar-refractivity contribution in [1.82, 2.24) is 9.78 Å². The molecule has 3 rings (SSSR count). The maximum absolute atomic E-state index is 13.2. The molecule has 0 aliphatic heterocycles. The lowest BCUT2D eigenvalue weighted by Crippen LogP contribution is -2.05. The fourth-order valence-electron chi connectivity index (χ4n) is 2.23. The van der Waals surface area contributed by atoms with Crippen molar-refractivity contribution in [2.45, 2.75) is 13.5 Å². The zero-order valence-corrected chi connectivity index (χ0v) is 11.8. The topological polar surface area (TPSA) is 43.8 Å². The van der Waals surface area contributed by atoms with Gasteiger partial charge in [-0.2, -0.15) is 5.10 Å². The summed E-state index contributed by atoms with van der Waals surface area (Å²) in [5.41, 5.74) is 9.88. The summed E-state index contributed by atoms with van der Waals surface area (Å²) >= 11 is 0. The highest BCUT2D eigenvalue weighted by Crippen LogP contribution is 2.21. The van der Waals surface area contributed by atoms with Crippen molar-refractivity contribution in [2.24, 2.45) is 0 Å². The largest absolute Gasteiger partial charge is 0.384 e.